The van der Waals surface area contributed by atoms with Crippen molar-refractivity contribution in [3.63, 3.8) is 0 Å². The first-order valence-electron chi connectivity index (χ1n) is 6.35. The second-order valence-corrected chi connectivity index (χ2v) is 4.83. The third-order valence-electron chi connectivity index (χ3n) is 3.07. The minimum atomic E-state index is 0.0159. The SMILES string of the molecule is CC1CN(CCC2OCCCO2)CC(C)O1. The Morgan fingerprint density at radius 3 is 2.31 bits per heavy atom. The molecule has 0 N–H and O–H groups in total. The molecule has 2 atom stereocenters. The van der Waals surface area contributed by atoms with Gasteiger partial charge in [-0.15, -0.1) is 0 Å². The van der Waals surface area contributed by atoms with Crippen LogP contribution in [0.2, 0.25) is 0 Å². The third-order valence-corrected chi connectivity index (χ3v) is 3.07. The van der Waals surface area contributed by atoms with Gasteiger partial charge in [-0.05, 0) is 20.3 Å². The molecule has 4 heteroatoms. The van der Waals surface area contributed by atoms with Crippen molar-refractivity contribution in [2.45, 2.75) is 45.2 Å². The molecule has 94 valence electrons. The molecule has 0 aliphatic carbocycles. The Morgan fingerprint density at radius 2 is 1.69 bits per heavy atom. The standard InChI is InChI=1S/C12H23NO3/c1-10-8-13(9-11(2)16-10)5-4-12-14-6-3-7-15-12/h10-12H,3-9H2,1-2H3. The molecule has 0 bridgehead atoms. The van der Waals surface area contributed by atoms with Crippen LogP contribution in [0.1, 0.15) is 26.7 Å². The second kappa shape index (κ2) is 5.96. The summed E-state index contributed by atoms with van der Waals surface area (Å²) in [4.78, 5) is 2.44. The minimum absolute atomic E-state index is 0.0159. The van der Waals surface area contributed by atoms with Crippen LogP contribution in [0.5, 0.6) is 0 Å². The lowest BCUT2D eigenvalue weighted by Crippen LogP contribution is -2.46. The summed E-state index contributed by atoms with van der Waals surface area (Å²) in [5, 5.41) is 0. The zero-order valence-corrected chi connectivity index (χ0v) is 10.4. The van der Waals surface area contributed by atoms with Gasteiger partial charge in [0.2, 0.25) is 0 Å². The first-order valence-corrected chi connectivity index (χ1v) is 6.35. The number of rotatable bonds is 3. The average molecular weight is 229 g/mol. The Hall–Kier alpha value is -0.160. The zero-order valence-electron chi connectivity index (χ0n) is 10.4. The van der Waals surface area contributed by atoms with Gasteiger partial charge in [0.1, 0.15) is 0 Å². The van der Waals surface area contributed by atoms with E-state index in [9.17, 15) is 0 Å². The molecule has 2 heterocycles. The van der Waals surface area contributed by atoms with E-state index >= 15 is 0 Å². The first kappa shape index (κ1) is 12.3. The second-order valence-electron chi connectivity index (χ2n) is 4.83. The summed E-state index contributed by atoms with van der Waals surface area (Å²) in [5.41, 5.74) is 0. The topological polar surface area (TPSA) is 30.9 Å². The Morgan fingerprint density at radius 1 is 1.06 bits per heavy atom. The van der Waals surface area contributed by atoms with E-state index in [-0.39, 0.29) is 6.29 Å². The predicted octanol–water partition coefficient (Wildman–Crippen LogP) is 1.25. The van der Waals surface area contributed by atoms with Crippen LogP contribution in [0.25, 0.3) is 0 Å². The largest absolute Gasteiger partial charge is 0.373 e. The van der Waals surface area contributed by atoms with Crippen molar-refractivity contribution >= 4 is 0 Å². The van der Waals surface area contributed by atoms with Crippen molar-refractivity contribution in [1.82, 2.24) is 4.90 Å². The molecule has 4 nitrogen and oxygen atoms in total. The monoisotopic (exact) mass is 229 g/mol. The van der Waals surface area contributed by atoms with E-state index in [0.717, 1.165) is 45.7 Å². The summed E-state index contributed by atoms with van der Waals surface area (Å²) in [6, 6.07) is 0. The molecule has 0 spiro atoms. The Labute approximate surface area is 97.8 Å². The van der Waals surface area contributed by atoms with Crippen LogP contribution < -0.4 is 0 Å². The summed E-state index contributed by atoms with van der Waals surface area (Å²) >= 11 is 0. The molecule has 16 heavy (non-hydrogen) atoms. The lowest BCUT2D eigenvalue weighted by atomic mass is 10.2. The van der Waals surface area contributed by atoms with Crippen molar-refractivity contribution in [2.24, 2.45) is 0 Å². The average Bonchev–Trinajstić information content (AvgIpc) is 2.27. The first-order chi connectivity index (χ1) is 7.74. The van der Waals surface area contributed by atoms with Crippen LogP contribution in [0.15, 0.2) is 0 Å². The Bertz CT molecular complexity index is 196. The molecule has 2 fully saturated rings. The molecule has 0 amide bonds. The quantitative estimate of drug-likeness (QED) is 0.729. The van der Waals surface area contributed by atoms with Crippen LogP contribution in [-0.4, -0.2) is 56.2 Å². The fourth-order valence-corrected chi connectivity index (χ4v) is 2.46. The Balaban J connectivity index is 1.68. The summed E-state index contributed by atoms with van der Waals surface area (Å²) < 4.78 is 16.8. The lowest BCUT2D eigenvalue weighted by Gasteiger charge is -2.36. The maximum absolute atomic E-state index is 5.70. The van der Waals surface area contributed by atoms with Gasteiger partial charge in [0.25, 0.3) is 0 Å². The van der Waals surface area contributed by atoms with Crippen LogP contribution in [-0.2, 0) is 14.2 Å². The zero-order chi connectivity index (χ0) is 11.4. The van der Waals surface area contributed by atoms with E-state index in [1.54, 1.807) is 0 Å². The van der Waals surface area contributed by atoms with Crippen LogP contribution in [0.4, 0.5) is 0 Å². The Kier molecular flexibility index (Phi) is 4.58. The maximum atomic E-state index is 5.70. The van der Waals surface area contributed by atoms with E-state index in [0.29, 0.717) is 12.2 Å². The van der Waals surface area contributed by atoms with Gasteiger partial charge in [0.05, 0.1) is 25.4 Å². The number of hydrogen-bond donors (Lipinski definition) is 0. The van der Waals surface area contributed by atoms with E-state index in [4.69, 9.17) is 14.2 Å². The molecule has 2 rings (SSSR count). The number of nitrogens with zero attached hydrogens (tertiary/aromatic N) is 1. The summed E-state index contributed by atoms with van der Waals surface area (Å²) in [6.07, 6.45) is 2.71. The number of morpholine rings is 1. The van der Waals surface area contributed by atoms with Crippen molar-refractivity contribution in [3.05, 3.63) is 0 Å². The molecule has 0 aromatic carbocycles. The van der Waals surface area contributed by atoms with Crippen molar-refractivity contribution in [2.75, 3.05) is 32.8 Å². The molecule has 2 aliphatic heterocycles. The highest BCUT2D eigenvalue weighted by atomic mass is 16.7. The fourth-order valence-electron chi connectivity index (χ4n) is 2.46. The van der Waals surface area contributed by atoms with E-state index in [1.165, 1.54) is 0 Å². The maximum Gasteiger partial charge on any atom is 0.158 e. The van der Waals surface area contributed by atoms with Gasteiger partial charge in [-0.2, -0.15) is 0 Å². The molecule has 2 aliphatic rings. The molecule has 0 saturated carbocycles. The van der Waals surface area contributed by atoms with Crippen molar-refractivity contribution in [3.8, 4) is 0 Å². The van der Waals surface area contributed by atoms with Crippen LogP contribution in [0.3, 0.4) is 0 Å². The number of ether oxygens (including phenoxy) is 3. The van der Waals surface area contributed by atoms with Crippen LogP contribution >= 0.6 is 0 Å². The van der Waals surface area contributed by atoms with E-state index in [1.807, 2.05) is 0 Å². The highest BCUT2D eigenvalue weighted by Gasteiger charge is 2.23. The molecule has 0 aromatic rings. The lowest BCUT2D eigenvalue weighted by molar-refractivity contribution is -0.184. The molecule has 0 aromatic heterocycles. The van der Waals surface area contributed by atoms with Crippen molar-refractivity contribution < 1.29 is 14.2 Å². The molecular formula is C12H23NO3. The predicted molar refractivity (Wildman–Crippen MR) is 61.4 cm³/mol. The van der Waals surface area contributed by atoms with Gasteiger partial charge in [0, 0.05) is 26.1 Å². The number of hydrogen-bond acceptors (Lipinski definition) is 4. The summed E-state index contributed by atoms with van der Waals surface area (Å²) in [7, 11) is 0. The van der Waals surface area contributed by atoms with Gasteiger partial charge >= 0.3 is 0 Å². The summed E-state index contributed by atoms with van der Waals surface area (Å²) in [5.74, 6) is 0. The van der Waals surface area contributed by atoms with E-state index in [2.05, 4.69) is 18.7 Å². The highest BCUT2D eigenvalue weighted by Crippen LogP contribution is 2.14. The van der Waals surface area contributed by atoms with Gasteiger partial charge in [-0.3, -0.25) is 4.90 Å². The normalized spacial score (nSPS) is 34.1. The van der Waals surface area contributed by atoms with Crippen LogP contribution in [0, 0.1) is 0 Å². The van der Waals surface area contributed by atoms with E-state index < -0.39 is 0 Å². The molecular weight excluding hydrogens is 206 g/mol. The van der Waals surface area contributed by atoms with Crippen molar-refractivity contribution in [1.29, 1.82) is 0 Å². The van der Waals surface area contributed by atoms with Gasteiger partial charge in [-0.1, -0.05) is 0 Å². The van der Waals surface area contributed by atoms with Gasteiger partial charge in [0.15, 0.2) is 6.29 Å². The highest BCUT2D eigenvalue weighted by molar-refractivity contribution is 4.73. The minimum Gasteiger partial charge on any atom is -0.373 e. The summed E-state index contributed by atoms with van der Waals surface area (Å²) in [6.45, 7) is 9.06. The van der Waals surface area contributed by atoms with Gasteiger partial charge < -0.3 is 14.2 Å². The molecule has 2 unspecified atom stereocenters. The third kappa shape index (κ3) is 3.70. The van der Waals surface area contributed by atoms with Gasteiger partial charge in [-0.25, -0.2) is 0 Å². The fraction of sp³-hybridized carbons (Fsp3) is 1.00. The smallest absolute Gasteiger partial charge is 0.158 e. The molecule has 0 radical (unpaired) electrons. The molecule has 2 saturated heterocycles.